The van der Waals surface area contributed by atoms with E-state index < -0.39 is 53.2 Å². The van der Waals surface area contributed by atoms with Gasteiger partial charge in [0.1, 0.15) is 12.7 Å². The molecule has 1 saturated heterocycles. The van der Waals surface area contributed by atoms with Gasteiger partial charge in [-0.2, -0.15) is 0 Å². The zero-order valence-electron chi connectivity index (χ0n) is 23.4. The van der Waals surface area contributed by atoms with Crippen LogP contribution in [0.3, 0.4) is 0 Å². The third-order valence-electron chi connectivity index (χ3n) is 7.75. The Kier molecular flexibility index (Phi) is 7.95. The lowest BCUT2D eigenvalue weighted by Gasteiger charge is -2.37. The number of nitrogens with zero attached hydrogens (tertiary/aromatic N) is 1. The average molecular weight is 597 g/mol. The SMILES string of the molecule is O=C(OC[C@H]1O[C@@H](n2ccc(=O)[nH]c2=O)[C@H](OC(=O)c2ccccc2)[C@@]1(OC(=O)c1ccccc1)C1CC1)c1ccccc1. The zero-order valence-corrected chi connectivity index (χ0v) is 23.4. The van der Waals surface area contributed by atoms with Crippen LogP contribution in [0, 0.1) is 5.92 Å². The van der Waals surface area contributed by atoms with E-state index in [9.17, 15) is 24.0 Å². The highest BCUT2D eigenvalue weighted by Crippen LogP contribution is 2.55. The molecule has 0 spiro atoms. The molecule has 0 amide bonds. The van der Waals surface area contributed by atoms with Crippen molar-refractivity contribution < 1.29 is 33.3 Å². The van der Waals surface area contributed by atoms with Crippen molar-refractivity contribution in [1.29, 1.82) is 0 Å². The van der Waals surface area contributed by atoms with Crippen LogP contribution in [0.4, 0.5) is 0 Å². The molecule has 224 valence electrons. The van der Waals surface area contributed by atoms with Crippen LogP contribution < -0.4 is 11.2 Å². The van der Waals surface area contributed by atoms with Gasteiger partial charge in [0.05, 0.1) is 16.7 Å². The Morgan fingerprint density at radius 3 is 1.86 bits per heavy atom. The van der Waals surface area contributed by atoms with Gasteiger partial charge in [0, 0.05) is 18.2 Å². The molecule has 1 N–H and O–H groups in total. The highest BCUT2D eigenvalue weighted by atomic mass is 16.7. The van der Waals surface area contributed by atoms with Gasteiger partial charge in [0.2, 0.25) is 0 Å². The molecule has 2 heterocycles. The van der Waals surface area contributed by atoms with Crippen molar-refractivity contribution in [2.24, 2.45) is 5.92 Å². The van der Waals surface area contributed by atoms with Gasteiger partial charge in [0.15, 0.2) is 17.9 Å². The number of nitrogens with one attached hydrogen (secondary N) is 1. The summed E-state index contributed by atoms with van der Waals surface area (Å²) in [6.07, 6.45) is -1.50. The molecule has 0 radical (unpaired) electrons. The number of carbonyl (C=O) groups excluding carboxylic acids is 3. The van der Waals surface area contributed by atoms with E-state index in [2.05, 4.69) is 4.98 Å². The Bertz CT molecular complexity index is 1770. The predicted octanol–water partition coefficient (Wildman–Crippen LogP) is 3.52. The molecule has 11 heteroatoms. The molecule has 44 heavy (non-hydrogen) atoms. The molecule has 0 unspecified atom stereocenters. The van der Waals surface area contributed by atoms with Crippen LogP contribution in [0.15, 0.2) is 113 Å². The summed E-state index contributed by atoms with van der Waals surface area (Å²) in [4.78, 5) is 67.2. The smallest absolute Gasteiger partial charge is 0.338 e. The number of aromatic nitrogens is 2. The first kappa shape index (κ1) is 28.8. The second-order valence-corrected chi connectivity index (χ2v) is 10.6. The summed E-state index contributed by atoms with van der Waals surface area (Å²) in [6, 6.07) is 25.9. The molecule has 4 atom stereocenters. The van der Waals surface area contributed by atoms with Crippen LogP contribution in [0.5, 0.6) is 0 Å². The normalized spacial score (nSPS) is 22.6. The zero-order chi connectivity index (χ0) is 30.7. The minimum absolute atomic E-state index is 0.220. The Morgan fingerprint density at radius 2 is 1.32 bits per heavy atom. The van der Waals surface area contributed by atoms with Crippen LogP contribution in [0.2, 0.25) is 0 Å². The molecule has 1 aliphatic carbocycles. The van der Waals surface area contributed by atoms with Crippen molar-refractivity contribution >= 4 is 17.9 Å². The molecular weight excluding hydrogens is 568 g/mol. The average Bonchev–Trinajstić information content (AvgIpc) is 3.87. The van der Waals surface area contributed by atoms with Gasteiger partial charge in [-0.25, -0.2) is 19.2 Å². The Hall–Kier alpha value is -5.29. The summed E-state index contributed by atoms with van der Waals surface area (Å²) in [5.41, 5.74) is -2.38. The lowest BCUT2D eigenvalue weighted by atomic mass is 9.86. The largest absolute Gasteiger partial charge is 0.459 e. The lowest BCUT2D eigenvalue weighted by Crippen LogP contribution is -2.56. The second kappa shape index (κ2) is 12.1. The van der Waals surface area contributed by atoms with E-state index in [1.807, 2.05) is 0 Å². The topological polar surface area (TPSA) is 143 Å². The maximum Gasteiger partial charge on any atom is 0.338 e. The van der Waals surface area contributed by atoms with Crippen LogP contribution in [-0.2, 0) is 18.9 Å². The van der Waals surface area contributed by atoms with E-state index in [4.69, 9.17) is 18.9 Å². The fourth-order valence-electron chi connectivity index (χ4n) is 5.51. The lowest BCUT2D eigenvalue weighted by molar-refractivity contribution is -0.121. The van der Waals surface area contributed by atoms with E-state index >= 15 is 0 Å². The number of rotatable bonds is 9. The summed E-state index contributed by atoms with van der Waals surface area (Å²) in [6.45, 7) is -0.389. The number of ether oxygens (including phenoxy) is 4. The summed E-state index contributed by atoms with van der Waals surface area (Å²) in [5.74, 6) is -2.47. The van der Waals surface area contributed by atoms with E-state index in [-0.39, 0.29) is 23.7 Å². The molecular formula is C33H28N2O9. The van der Waals surface area contributed by atoms with Gasteiger partial charge < -0.3 is 18.9 Å². The summed E-state index contributed by atoms with van der Waals surface area (Å²) in [5, 5.41) is 0. The van der Waals surface area contributed by atoms with Crippen molar-refractivity contribution in [2.45, 2.75) is 36.9 Å². The van der Waals surface area contributed by atoms with E-state index in [1.54, 1.807) is 91.0 Å². The number of aromatic amines is 1. The summed E-state index contributed by atoms with van der Waals surface area (Å²) < 4.78 is 25.5. The molecule has 2 fully saturated rings. The quantitative estimate of drug-likeness (QED) is 0.227. The summed E-state index contributed by atoms with van der Waals surface area (Å²) in [7, 11) is 0. The molecule has 11 nitrogen and oxygen atoms in total. The van der Waals surface area contributed by atoms with Gasteiger partial charge in [-0.05, 0) is 49.2 Å². The first-order valence-corrected chi connectivity index (χ1v) is 14.1. The van der Waals surface area contributed by atoms with Gasteiger partial charge in [0.25, 0.3) is 5.56 Å². The first-order chi connectivity index (χ1) is 21.4. The number of H-pyrrole nitrogens is 1. The fourth-order valence-corrected chi connectivity index (χ4v) is 5.51. The van der Waals surface area contributed by atoms with Crippen LogP contribution in [0.25, 0.3) is 0 Å². The summed E-state index contributed by atoms with van der Waals surface area (Å²) >= 11 is 0. The van der Waals surface area contributed by atoms with Crippen molar-refractivity contribution in [2.75, 3.05) is 6.61 Å². The first-order valence-electron chi connectivity index (χ1n) is 14.1. The Morgan fingerprint density at radius 1 is 0.773 bits per heavy atom. The minimum atomic E-state index is -1.67. The molecule has 1 saturated carbocycles. The monoisotopic (exact) mass is 596 g/mol. The number of hydrogen-bond donors (Lipinski definition) is 1. The predicted molar refractivity (Wildman–Crippen MR) is 155 cm³/mol. The van der Waals surface area contributed by atoms with E-state index in [1.165, 1.54) is 6.20 Å². The molecule has 2 aliphatic rings. The maximum atomic E-state index is 13.7. The van der Waals surface area contributed by atoms with Crippen molar-refractivity contribution in [3.05, 3.63) is 141 Å². The number of hydrogen-bond acceptors (Lipinski definition) is 9. The Balaban J connectivity index is 1.44. The van der Waals surface area contributed by atoms with Crippen LogP contribution in [0.1, 0.15) is 50.1 Å². The van der Waals surface area contributed by atoms with Crippen LogP contribution in [-0.4, -0.2) is 51.9 Å². The van der Waals surface area contributed by atoms with E-state index in [0.29, 0.717) is 18.4 Å². The van der Waals surface area contributed by atoms with Gasteiger partial charge in [-0.1, -0.05) is 54.6 Å². The molecule has 1 aliphatic heterocycles. The number of benzene rings is 3. The van der Waals surface area contributed by atoms with E-state index in [0.717, 1.165) is 10.6 Å². The Labute approximate surface area is 251 Å². The molecule has 0 bridgehead atoms. The molecule has 6 rings (SSSR count). The van der Waals surface area contributed by atoms with Gasteiger partial charge in [-0.3, -0.25) is 14.3 Å². The third kappa shape index (κ3) is 5.69. The van der Waals surface area contributed by atoms with Crippen LogP contribution >= 0.6 is 0 Å². The standard InChI is InChI=1S/C33H28N2O9/c36-26-18-19-35(32(40)34-26)28-27(43-30(38)22-12-6-2-7-13-22)33(24-16-17-24,44-31(39)23-14-8-3-9-15-23)25(42-28)20-41-29(37)21-10-4-1-5-11-21/h1-15,18-19,24-25,27-28H,16-17,20H2,(H,34,36,40)/t25-,27+,28-,33-/m1/s1. The fraction of sp³-hybridized carbons (Fsp3) is 0.242. The van der Waals surface area contributed by atoms with Crippen molar-refractivity contribution in [3.63, 3.8) is 0 Å². The van der Waals surface area contributed by atoms with Crippen molar-refractivity contribution in [3.8, 4) is 0 Å². The highest BCUT2D eigenvalue weighted by molar-refractivity contribution is 5.91. The molecule has 1 aromatic heterocycles. The number of esters is 3. The van der Waals surface area contributed by atoms with Gasteiger partial charge in [-0.15, -0.1) is 0 Å². The van der Waals surface area contributed by atoms with Crippen molar-refractivity contribution in [1.82, 2.24) is 9.55 Å². The maximum absolute atomic E-state index is 13.7. The molecule has 4 aromatic rings. The molecule has 3 aromatic carbocycles. The van der Waals surface area contributed by atoms with Gasteiger partial charge >= 0.3 is 23.6 Å². The highest BCUT2D eigenvalue weighted by Gasteiger charge is 2.69. The number of carbonyl (C=O) groups is 3. The third-order valence-corrected chi connectivity index (χ3v) is 7.75. The second-order valence-electron chi connectivity index (χ2n) is 10.6. The minimum Gasteiger partial charge on any atom is -0.459 e.